The van der Waals surface area contributed by atoms with Crippen LogP contribution < -0.4 is 0 Å². The van der Waals surface area contributed by atoms with Gasteiger partial charge >= 0.3 is 6.18 Å². The molecule has 21 heavy (non-hydrogen) atoms. The van der Waals surface area contributed by atoms with Crippen LogP contribution in [0.25, 0.3) is 0 Å². The maximum atomic E-state index is 12.8. The van der Waals surface area contributed by atoms with Crippen LogP contribution in [0.3, 0.4) is 0 Å². The molecule has 1 saturated carbocycles. The lowest BCUT2D eigenvalue weighted by Gasteiger charge is -2.30. The Hall–Kier alpha value is -0.840. The minimum absolute atomic E-state index is 0.150. The molecule has 0 aliphatic heterocycles. The highest BCUT2D eigenvalue weighted by Crippen LogP contribution is 2.37. The van der Waals surface area contributed by atoms with E-state index < -0.39 is 11.7 Å². The number of benzene rings is 1. The first-order valence-corrected chi connectivity index (χ1v) is 8.04. The van der Waals surface area contributed by atoms with Crippen LogP contribution in [0.5, 0.6) is 0 Å². The van der Waals surface area contributed by atoms with Crippen LogP contribution >= 0.6 is 15.9 Å². The summed E-state index contributed by atoms with van der Waals surface area (Å²) < 4.78 is 38.9. The highest BCUT2D eigenvalue weighted by molar-refractivity contribution is 9.10. The maximum absolute atomic E-state index is 12.8. The third-order valence-corrected chi connectivity index (χ3v) is 5.02. The standard InChI is InChI=1S/C16H18BrF3O/c1-2-10-5-3-4-6-12(10)15(21)13-9-11(16(18,19)20)7-8-14(13)17/h7-10,12H,2-6H2,1H3. The molecule has 0 spiro atoms. The zero-order valence-corrected chi connectivity index (χ0v) is 13.4. The number of halogens is 4. The molecule has 0 amide bonds. The molecule has 1 nitrogen and oxygen atoms in total. The summed E-state index contributed by atoms with van der Waals surface area (Å²) in [4.78, 5) is 12.7. The van der Waals surface area contributed by atoms with Crippen molar-refractivity contribution < 1.29 is 18.0 Å². The van der Waals surface area contributed by atoms with Gasteiger partial charge in [-0.1, -0.05) is 42.1 Å². The van der Waals surface area contributed by atoms with E-state index in [1.807, 2.05) is 6.92 Å². The highest BCUT2D eigenvalue weighted by atomic mass is 79.9. The maximum Gasteiger partial charge on any atom is 0.416 e. The Balaban J connectivity index is 2.33. The molecule has 1 aliphatic carbocycles. The monoisotopic (exact) mass is 362 g/mol. The van der Waals surface area contributed by atoms with Gasteiger partial charge in [0.15, 0.2) is 5.78 Å². The molecule has 1 aromatic carbocycles. The molecule has 2 atom stereocenters. The van der Waals surface area contributed by atoms with Crippen LogP contribution in [-0.4, -0.2) is 5.78 Å². The van der Waals surface area contributed by atoms with Gasteiger partial charge in [-0.3, -0.25) is 4.79 Å². The van der Waals surface area contributed by atoms with Gasteiger partial charge in [0.25, 0.3) is 0 Å². The first kappa shape index (κ1) is 16.5. The van der Waals surface area contributed by atoms with Crippen LogP contribution in [0.2, 0.25) is 0 Å². The van der Waals surface area contributed by atoms with Gasteiger partial charge in [0, 0.05) is 16.0 Å². The molecule has 0 heterocycles. The molecular formula is C16H18BrF3O. The molecule has 0 bridgehead atoms. The Bertz CT molecular complexity index is 525. The van der Waals surface area contributed by atoms with Crippen LogP contribution in [-0.2, 0) is 6.18 Å². The van der Waals surface area contributed by atoms with E-state index in [1.165, 1.54) is 6.07 Å². The second-order valence-electron chi connectivity index (χ2n) is 5.62. The Morgan fingerprint density at radius 2 is 1.95 bits per heavy atom. The van der Waals surface area contributed by atoms with Gasteiger partial charge in [0.2, 0.25) is 0 Å². The van der Waals surface area contributed by atoms with Crippen molar-refractivity contribution in [2.45, 2.75) is 45.2 Å². The summed E-state index contributed by atoms with van der Waals surface area (Å²) in [6.45, 7) is 2.04. The van der Waals surface area contributed by atoms with Gasteiger partial charge in [-0.25, -0.2) is 0 Å². The number of carbonyl (C=O) groups excluding carboxylic acids is 1. The van der Waals surface area contributed by atoms with E-state index >= 15 is 0 Å². The summed E-state index contributed by atoms with van der Waals surface area (Å²) in [5.41, 5.74) is -0.604. The van der Waals surface area contributed by atoms with Gasteiger partial charge in [-0.2, -0.15) is 13.2 Å². The van der Waals surface area contributed by atoms with E-state index in [0.29, 0.717) is 4.47 Å². The van der Waals surface area contributed by atoms with Crippen molar-refractivity contribution in [3.8, 4) is 0 Å². The van der Waals surface area contributed by atoms with E-state index in [9.17, 15) is 18.0 Å². The van der Waals surface area contributed by atoms with E-state index in [-0.39, 0.29) is 23.2 Å². The molecule has 1 aromatic rings. The average Bonchev–Trinajstić information content (AvgIpc) is 2.45. The fourth-order valence-electron chi connectivity index (χ4n) is 3.13. The summed E-state index contributed by atoms with van der Waals surface area (Å²) in [6, 6.07) is 3.30. The van der Waals surface area contributed by atoms with Crippen molar-refractivity contribution in [2.75, 3.05) is 0 Å². The Morgan fingerprint density at radius 1 is 1.29 bits per heavy atom. The number of Topliss-reactive ketones (excluding diaryl/α,β-unsaturated/α-hetero) is 1. The molecule has 1 fully saturated rings. The molecule has 0 radical (unpaired) electrons. The summed E-state index contributed by atoms with van der Waals surface area (Å²) >= 11 is 3.22. The molecule has 1 aliphatic rings. The Labute approximate surface area is 131 Å². The lowest BCUT2D eigenvalue weighted by molar-refractivity contribution is -0.137. The SMILES string of the molecule is CCC1CCCCC1C(=O)c1cc(C(F)(F)F)ccc1Br. The van der Waals surface area contributed by atoms with Crippen molar-refractivity contribution >= 4 is 21.7 Å². The van der Waals surface area contributed by atoms with Crippen LogP contribution in [0.15, 0.2) is 22.7 Å². The fraction of sp³-hybridized carbons (Fsp3) is 0.562. The summed E-state index contributed by atoms with van der Waals surface area (Å²) in [7, 11) is 0. The molecular weight excluding hydrogens is 345 g/mol. The van der Waals surface area contributed by atoms with Gasteiger partial charge in [-0.15, -0.1) is 0 Å². The molecule has 116 valence electrons. The molecule has 0 saturated heterocycles. The quantitative estimate of drug-likeness (QED) is 0.614. The first-order chi connectivity index (χ1) is 9.84. The highest BCUT2D eigenvalue weighted by Gasteiger charge is 2.34. The largest absolute Gasteiger partial charge is 0.416 e. The summed E-state index contributed by atoms with van der Waals surface area (Å²) in [5, 5.41) is 0. The zero-order valence-electron chi connectivity index (χ0n) is 11.8. The van der Waals surface area contributed by atoms with Crippen molar-refractivity contribution in [3.05, 3.63) is 33.8 Å². The van der Waals surface area contributed by atoms with E-state index in [1.54, 1.807) is 0 Å². The van der Waals surface area contributed by atoms with Crippen LogP contribution in [0, 0.1) is 11.8 Å². The second kappa shape index (κ2) is 6.51. The van der Waals surface area contributed by atoms with Crippen molar-refractivity contribution in [2.24, 2.45) is 11.8 Å². The number of hydrogen-bond donors (Lipinski definition) is 0. The van der Waals surface area contributed by atoms with Crippen molar-refractivity contribution in [1.82, 2.24) is 0 Å². The molecule has 0 aromatic heterocycles. The number of hydrogen-bond acceptors (Lipinski definition) is 1. The first-order valence-electron chi connectivity index (χ1n) is 7.25. The van der Waals surface area contributed by atoms with Gasteiger partial charge in [-0.05, 0) is 37.0 Å². The lowest BCUT2D eigenvalue weighted by Crippen LogP contribution is -2.27. The van der Waals surface area contributed by atoms with Gasteiger partial charge in [0.05, 0.1) is 5.56 Å². The normalized spacial score (nSPS) is 23.1. The zero-order chi connectivity index (χ0) is 15.6. The topological polar surface area (TPSA) is 17.1 Å². The predicted octanol–water partition coefficient (Wildman–Crippen LogP) is 5.87. The molecule has 0 N–H and O–H groups in total. The van der Waals surface area contributed by atoms with Crippen LogP contribution in [0.4, 0.5) is 13.2 Å². The summed E-state index contributed by atoms with van der Waals surface area (Å²) in [5.74, 6) is -0.0178. The van der Waals surface area contributed by atoms with Crippen molar-refractivity contribution in [1.29, 1.82) is 0 Å². The average molecular weight is 363 g/mol. The third kappa shape index (κ3) is 3.68. The molecule has 2 unspecified atom stereocenters. The minimum Gasteiger partial charge on any atom is -0.294 e. The lowest BCUT2D eigenvalue weighted by atomic mass is 9.74. The number of alkyl halides is 3. The van der Waals surface area contributed by atoms with E-state index in [4.69, 9.17) is 0 Å². The molecule has 5 heteroatoms. The third-order valence-electron chi connectivity index (χ3n) is 4.33. The van der Waals surface area contributed by atoms with Gasteiger partial charge < -0.3 is 0 Å². The van der Waals surface area contributed by atoms with Crippen LogP contribution in [0.1, 0.15) is 54.9 Å². The minimum atomic E-state index is -4.42. The Morgan fingerprint density at radius 3 is 2.57 bits per heavy atom. The fourth-order valence-corrected chi connectivity index (χ4v) is 3.57. The van der Waals surface area contributed by atoms with E-state index in [0.717, 1.165) is 44.2 Å². The Kier molecular flexibility index (Phi) is 5.12. The molecule has 2 rings (SSSR count). The number of rotatable bonds is 3. The van der Waals surface area contributed by atoms with E-state index in [2.05, 4.69) is 15.9 Å². The number of carbonyl (C=O) groups is 1. The second-order valence-corrected chi connectivity index (χ2v) is 6.47. The van der Waals surface area contributed by atoms with Crippen molar-refractivity contribution in [3.63, 3.8) is 0 Å². The van der Waals surface area contributed by atoms with Gasteiger partial charge in [0.1, 0.15) is 0 Å². The number of ketones is 1. The predicted molar refractivity (Wildman–Crippen MR) is 79.2 cm³/mol. The smallest absolute Gasteiger partial charge is 0.294 e. The summed E-state index contributed by atoms with van der Waals surface area (Å²) in [6.07, 6.45) is 0.318.